The van der Waals surface area contributed by atoms with Gasteiger partial charge in [0.05, 0.1) is 28.1 Å². The van der Waals surface area contributed by atoms with Crippen molar-refractivity contribution in [3.05, 3.63) is 231 Å². The quantitative estimate of drug-likeness (QED) is 0.152. The molecule has 0 atom stereocenters. The number of benzene rings is 9. The molecule has 9 aromatic carbocycles. The van der Waals surface area contributed by atoms with Crippen LogP contribution in [0.2, 0.25) is 0 Å². The van der Waals surface area contributed by atoms with Gasteiger partial charge in [0.2, 0.25) is 0 Å². The van der Waals surface area contributed by atoms with Gasteiger partial charge in [-0.3, -0.25) is 0 Å². The number of hydrogen-bond donors (Lipinski definition) is 0. The molecule has 1 heterocycles. The zero-order valence-electron chi connectivity index (χ0n) is 30.8. The summed E-state index contributed by atoms with van der Waals surface area (Å²) in [7, 11) is 0. The minimum absolute atomic E-state index is 1.09. The molecular formula is C54H38N2. The smallest absolute Gasteiger partial charge is 0.0562 e. The highest BCUT2D eigenvalue weighted by atomic mass is 15.2. The third-order valence-electron chi connectivity index (χ3n) is 10.8. The summed E-state index contributed by atoms with van der Waals surface area (Å²) in [5, 5.41) is 2.41. The zero-order valence-corrected chi connectivity index (χ0v) is 30.8. The van der Waals surface area contributed by atoms with Crippen LogP contribution in [-0.2, 0) is 0 Å². The molecule has 0 amide bonds. The summed E-state index contributed by atoms with van der Waals surface area (Å²) in [6.45, 7) is 0. The fourth-order valence-corrected chi connectivity index (χ4v) is 8.21. The maximum Gasteiger partial charge on any atom is 0.0562 e. The van der Waals surface area contributed by atoms with Gasteiger partial charge in [0.25, 0.3) is 0 Å². The minimum atomic E-state index is 1.09. The first-order valence-electron chi connectivity index (χ1n) is 19.2. The van der Waals surface area contributed by atoms with Crippen LogP contribution >= 0.6 is 0 Å². The number of fused-ring (bicyclic) bond motifs is 3. The highest BCUT2D eigenvalue weighted by Crippen LogP contribution is 2.48. The summed E-state index contributed by atoms with van der Waals surface area (Å²) < 4.78 is 2.45. The van der Waals surface area contributed by atoms with E-state index in [1.165, 1.54) is 49.7 Å². The predicted octanol–water partition coefficient (Wildman–Crippen LogP) is 14.9. The third kappa shape index (κ3) is 5.95. The molecule has 0 bridgehead atoms. The first-order chi connectivity index (χ1) is 27.8. The summed E-state index contributed by atoms with van der Waals surface area (Å²) in [4.78, 5) is 2.46. The van der Waals surface area contributed by atoms with E-state index in [-0.39, 0.29) is 0 Å². The van der Waals surface area contributed by atoms with Crippen molar-refractivity contribution in [2.24, 2.45) is 0 Å². The predicted molar refractivity (Wildman–Crippen MR) is 237 cm³/mol. The fourth-order valence-electron chi connectivity index (χ4n) is 8.21. The molecule has 0 aliphatic rings. The lowest BCUT2D eigenvalue weighted by atomic mass is 9.94. The Kier molecular flexibility index (Phi) is 8.55. The van der Waals surface area contributed by atoms with E-state index >= 15 is 0 Å². The topological polar surface area (TPSA) is 8.17 Å². The lowest BCUT2D eigenvalue weighted by molar-refractivity contribution is 1.18. The molecule has 0 radical (unpaired) electrons. The molecule has 2 nitrogen and oxygen atoms in total. The molecule has 1 aromatic heterocycles. The average molecular weight is 715 g/mol. The zero-order chi connectivity index (χ0) is 37.3. The van der Waals surface area contributed by atoms with Crippen LogP contribution in [0.4, 0.5) is 17.1 Å². The number of hydrogen-bond acceptors (Lipinski definition) is 1. The van der Waals surface area contributed by atoms with Crippen molar-refractivity contribution in [2.45, 2.75) is 0 Å². The standard InChI is InChI=1S/C54H38N2/c1-5-18-39(19-6-1)41-32-34-43(35-33-41)48-38-44(40-20-7-2-8-21-40)36-37-51(48)55(45-24-11-4-12-25-45)52-30-17-31-53-54(52)47-27-14-16-29-50(47)56(53)49-28-15-13-26-46(49)42-22-9-3-10-23-42/h1-38H. The Morgan fingerprint density at radius 3 is 1.52 bits per heavy atom. The summed E-state index contributed by atoms with van der Waals surface area (Å²) in [5.41, 5.74) is 16.3. The second kappa shape index (κ2) is 14.4. The van der Waals surface area contributed by atoms with Gasteiger partial charge in [-0.2, -0.15) is 0 Å². The summed E-state index contributed by atoms with van der Waals surface area (Å²) in [6, 6.07) is 83.1. The summed E-state index contributed by atoms with van der Waals surface area (Å²) in [5.74, 6) is 0. The molecule has 0 aliphatic carbocycles. The summed E-state index contributed by atoms with van der Waals surface area (Å²) >= 11 is 0. The van der Waals surface area contributed by atoms with Crippen LogP contribution in [0, 0.1) is 0 Å². The van der Waals surface area contributed by atoms with E-state index in [0.717, 1.165) is 39.4 Å². The molecule has 0 saturated carbocycles. The molecular weight excluding hydrogens is 677 g/mol. The number of nitrogens with zero attached hydrogens (tertiary/aromatic N) is 2. The molecule has 10 aromatic rings. The molecule has 0 aliphatic heterocycles. The van der Waals surface area contributed by atoms with Gasteiger partial charge in [-0.25, -0.2) is 0 Å². The number of rotatable bonds is 8. The first kappa shape index (κ1) is 33.2. The Balaban J connectivity index is 1.24. The van der Waals surface area contributed by atoms with E-state index < -0.39 is 0 Å². The lowest BCUT2D eigenvalue weighted by Crippen LogP contribution is -2.12. The van der Waals surface area contributed by atoms with E-state index in [9.17, 15) is 0 Å². The highest BCUT2D eigenvalue weighted by Gasteiger charge is 2.24. The SMILES string of the molecule is c1ccc(-c2ccc(-c3cc(-c4ccccc4)ccc3N(c3ccccc3)c3cccc4c3c3ccccc3n4-c3ccccc3-c3ccccc3)cc2)cc1. The average Bonchev–Trinajstić information content (AvgIpc) is 3.63. The van der Waals surface area contributed by atoms with E-state index in [2.05, 4.69) is 240 Å². The number of anilines is 3. The van der Waals surface area contributed by atoms with Gasteiger partial charge in [0.15, 0.2) is 0 Å². The van der Waals surface area contributed by atoms with Gasteiger partial charge >= 0.3 is 0 Å². The van der Waals surface area contributed by atoms with Crippen LogP contribution in [0.15, 0.2) is 231 Å². The Morgan fingerprint density at radius 2 is 0.804 bits per heavy atom. The van der Waals surface area contributed by atoms with Crippen molar-refractivity contribution >= 4 is 38.9 Å². The molecule has 10 rings (SSSR count). The molecule has 0 spiro atoms. The minimum Gasteiger partial charge on any atom is -0.309 e. The number of para-hydroxylation sites is 3. The largest absolute Gasteiger partial charge is 0.309 e. The van der Waals surface area contributed by atoms with Crippen LogP contribution in [0.5, 0.6) is 0 Å². The van der Waals surface area contributed by atoms with Crippen LogP contribution in [0.25, 0.3) is 72.0 Å². The Bertz CT molecular complexity index is 2930. The maximum absolute atomic E-state index is 2.46. The van der Waals surface area contributed by atoms with Crippen LogP contribution in [-0.4, -0.2) is 4.57 Å². The highest BCUT2D eigenvalue weighted by molar-refractivity contribution is 6.17. The molecule has 56 heavy (non-hydrogen) atoms. The van der Waals surface area contributed by atoms with Crippen molar-refractivity contribution in [1.29, 1.82) is 0 Å². The van der Waals surface area contributed by atoms with Crippen molar-refractivity contribution in [3.8, 4) is 50.2 Å². The first-order valence-corrected chi connectivity index (χ1v) is 19.2. The van der Waals surface area contributed by atoms with E-state index in [0.29, 0.717) is 0 Å². The van der Waals surface area contributed by atoms with Gasteiger partial charge in [-0.15, -0.1) is 0 Å². The van der Waals surface area contributed by atoms with Crippen LogP contribution in [0.3, 0.4) is 0 Å². The van der Waals surface area contributed by atoms with Gasteiger partial charge in [-0.1, -0.05) is 182 Å². The van der Waals surface area contributed by atoms with Gasteiger partial charge in [0, 0.05) is 27.6 Å². The number of aromatic nitrogens is 1. The maximum atomic E-state index is 2.46. The molecule has 0 fully saturated rings. The van der Waals surface area contributed by atoms with E-state index in [4.69, 9.17) is 0 Å². The van der Waals surface area contributed by atoms with Crippen molar-refractivity contribution in [3.63, 3.8) is 0 Å². The van der Waals surface area contributed by atoms with Crippen molar-refractivity contribution in [1.82, 2.24) is 4.57 Å². The van der Waals surface area contributed by atoms with E-state index in [1.54, 1.807) is 0 Å². The fraction of sp³-hybridized carbons (Fsp3) is 0. The Labute approximate surface area is 327 Å². The molecule has 0 saturated heterocycles. The molecule has 0 N–H and O–H groups in total. The molecule has 0 unspecified atom stereocenters. The van der Waals surface area contributed by atoms with Crippen LogP contribution in [0.1, 0.15) is 0 Å². The molecule has 264 valence electrons. The van der Waals surface area contributed by atoms with E-state index in [1.807, 2.05) is 0 Å². The monoisotopic (exact) mass is 714 g/mol. The van der Waals surface area contributed by atoms with Crippen LogP contribution < -0.4 is 4.90 Å². The normalized spacial score (nSPS) is 11.2. The third-order valence-corrected chi connectivity index (χ3v) is 10.8. The van der Waals surface area contributed by atoms with Crippen molar-refractivity contribution < 1.29 is 0 Å². The Hall–Kier alpha value is -7.42. The van der Waals surface area contributed by atoms with Gasteiger partial charge < -0.3 is 9.47 Å². The summed E-state index contributed by atoms with van der Waals surface area (Å²) in [6.07, 6.45) is 0. The second-order valence-electron chi connectivity index (χ2n) is 14.1. The van der Waals surface area contributed by atoms with Gasteiger partial charge in [0.1, 0.15) is 0 Å². The lowest BCUT2D eigenvalue weighted by Gasteiger charge is -2.29. The second-order valence-corrected chi connectivity index (χ2v) is 14.1. The Morgan fingerprint density at radius 1 is 0.304 bits per heavy atom. The van der Waals surface area contributed by atoms with Gasteiger partial charge in [-0.05, 0) is 81.9 Å². The molecule has 2 heteroatoms. The van der Waals surface area contributed by atoms with Crippen molar-refractivity contribution in [2.75, 3.05) is 4.90 Å².